The first-order chi connectivity index (χ1) is 11.6. The van der Waals surface area contributed by atoms with Crippen LogP contribution in [0, 0.1) is 0 Å². The molecule has 0 saturated carbocycles. The summed E-state index contributed by atoms with van der Waals surface area (Å²) < 4.78 is 3.73. The van der Waals surface area contributed by atoms with Crippen molar-refractivity contribution >= 4 is 28.7 Å². The molecule has 0 radical (unpaired) electrons. The minimum atomic E-state index is 0.00648. The fraction of sp³-hybridized carbons (Fsp3) is 0.375. The van der Waals surface area contributed by atoms with Crippen molar-refractivity contribution in [1.82, 2.24) is 29.2 Å². The van der Waals surface area contributed by atoms with E-state index in [2.05, 4.69) is 15.1 Å². The van der Waals surface area contributed by atoms with E-state index in [4.69, 9.17) is 11.6 Å². The van der Waals surface area contributed by atoms with Crippen molar-refractivity contribution in [3.05, 3.63) is 41.6 Å². The number of aromatic nitrogens is 5. The van der Waals surface area contributed by atoms with Gasteiger partial charge in [0.15, 0.2) is 5.65 Å². The summed E-state index contributed by atoms with van der Waals surface area (Å²) in [6, 6.07) is 2.10. The fourth-order valence-electron chi connectivity index (χ4n) is 3.16. The largest absolute Gasteiger partial charge is 0.338 e. The molecule has 4 rings (SSSR count). The molecule has 3 aromatic rings. The molecule has 124 valence electrons. The maximum Gasteiger partial charge on any atom is 0.255 e. The minimum Gasteiger partial charge on any atom is -0.338 e. The van der Waals surface area contributed by atoms with Gasteiger partial charge in [0, 0.05) is 32.5 Å². The van der Waals surface area contributed by atoms with Crippen molar-refractivity contribution in [2.75, 3.05) is 13.1 Å². The smallest absolute Gasteiger partial charge is 0.255 e. The monoisotopic (exact) mass is 344 g/mol. The number of carbonyl (C=O) groups excluding carboxylic acids is 1. The minimum absolute atomic E-state index is 0.00648. The Kier molecular flexibility index (Phi) is 3.72. The van der Waals surface area contributed by atoms with Gasteiger partial charge < -0.3 is 9.47 Å². The van der Waals surface area contributed by atoms with Crippen LogP contribution >= 0.6 is 11.6 Å². The Morgan fingerprint density at radius 1 is 1.25 bits per heavy atom. The van der Waals surface area contributed by atoms with Gasteiger partial charge >= 0.3 is 0 Å². The number of hydrogen-bond donors (Lipinski definition) is 0. The lowest BCUT2D eigenvalue weighted by atomic mass is 10.0. The highest BCUT2D eigenvalue weighted by Crippen LogP contribution is 2.24. The first-order valence-electron chi connectivity index (χ1n) is 7.88. The summed E-state index contributed by atoms with van der Waals surface area (Å²) in [7, 11) is 1.89. The van der Waals surface area contributed by atoms with Crippen molar-refractivity contribution in [2.45, 2.75) is 18.9 Å². The number of amides is 1. The van der Waals surface area contributed by atoms with Crippen molar-refractivity contribution in [2.24, 2.45) is 7.05 Å². The third-order valence-electron chi connectivity index (χ3n) is 4.49. The molecule has 4 heterocycles. The van der Waals surface area contributed by atoms with E-state index in [0.717, 1.165) is 24.0 Å². The van der Waals surface area contributed by atoms with Gasteiger partial charge in [0.1, 0.15) is 5.52 Å². The molecule has 1 fully saturated rings. The Balaban J connectivity index is 1.47. The molecule has 0 bridgehead atoms. The van der Waals surface area contributed by atoms with E-state index < -0.39 is 0 Å². The summed E-state index contributed by atoms with van der Waals surface area (Å²) in [4.78, 5) is 23.2. The lowest BCUT2D eigenvalue weighted by molar-refractivity contribution is 0.0689. The molecule has 0 atom stereocenters. The average molecular weight is 345 g/mol. The van der Waals surface area contributed by atoms with Crippen LogP contribution in [0.25, 0.3) is 11.2 Å². The second kappa shape index (κ2) is 5.90. The maximum atomic E-state index is 12.7. The summed E-state index contributed by atoms with van der Waals surface area (Å²) in [5.41, 5.74) is 2.10. The summed E-state index contributed by atoms with van der Waals surface area (Å²) in [5, 5.41) is 4.91. The molecule has 0 spiro atoms. The Bertz CT molecular complexity index is 893. The normalized spacial score (nSPS) is 16.0. The van der Waals surface area contributed by atoms with Crippen molar-refractivity contribution < 1.29 is 4.79 Å². The SMILES string of the molecule is Cn1cnc2cc(C(=O)N3CCC(n4cc(Cl)cn4)CC3)cnc21. The molecule has 8 heteroatoms. The Hall–Kier alpha value is -2.41. The van der Waals surface area contributed by atoms with Gasteiger partial charge in [-0.3, -0.25) is 9.48 Å². The zero-order valence-electron chi connectivity index (χ0n) is 13.3. The van der Waals surface area contributed by atoms with Crippen LogP contribution in [0.15, 0.2) is 31.0 Å². The standard InChI is InChI=1S/C16H17ClN6O/c1-21-10-19-14-6-11(7-18-15(14)21)16(24)22-4-2-13(3-5-22)23-9-12(17)8-20-23/h6-10,13H,2-5H2,1H3. The molecule has 0 aromatic carbocycles. The average Bonchev–Trinajstić information content (AvgIpc) is 3.20. The van der Waals surface area contributed by atoms with Crippen LogP contribution in [-0.4, -0.2) is 48.2 Å². The van der Waals surface area contributed by atoms with E-state index in [1.807, 2.05) is 33.5 Å². The van der Waals surface area contributed by atoms with Gasteiger partial charge in [0.05, 0.1) is 29.2 Å². The van der Waals surface area contributed by atoms with Gasteiger partial charge in [-0.1, -0.05) is 11.6 Å². The number of carbonyl (C=O) groups is 1. The number of nitrogens with zero attached hydrogens (tertiary/aromatic N) is 6. The first kappa shape index (κ1) is 15.1. The predicted molar refractivity (Wildman–Crippen MR) is 89.9 cm³/mol. The highest BCUT2D eigenvalue weighted by molar-refractivity contribution is 6.30. The summed E-state index contributed by atoms with van der Waals surface area (Å²) in [6.45, 7) is 1.39. The van der Waals surface area contributed by atoms with Gasteiger partial charge in [-0.2, -0.15) is 5.10 Å². The fourth-order valence-corrected chi connectivity index (χ4v) is 3.31. The number of halogens is 1. The van der Waals surface area contributed by atoms with Crippen LogP contribution in [0.5, 0.6) is 0 Å². The topological polar surface area (TPSA) is 68.8 Å². The van der Waals surface area contributed by atoms with E-state index in [1.54, 1.807) is 18.7 Å². The number of hydrogen-bond acceptors (Lipinski definition) is 4. The third kappa shape index (κ3) is 2.65. The van der Waals surface area contributed by atoms with Gasteiger partial charge in [-0.05, 0) is 18.9 Å². The lowest BCUT2D eigenvalue weighted by Crippen LogP contribution is -2.39. The van der Waals surface area contributed by atoms with Crippen LogP contribution in [0.2, 0.25) is 5.02 Å². The summed E-state index contributed by atoms with van der Waals surface area (Å²) in [5.74, 6) is 0.00648. The highest BCUT2D eigenvalue weighted by Gasteiger charge is 2.25. The van der Waals surface area contributed by atoms with Crippen molar-refractivity contribution in [3.8, 4) is 0 Å². The molecule has 1 aliphatic heterocycles. The number of fused-ring (bicyclic) bond motifs is 1. The van der Waals surface area contributed by atoms with E-state index in [-0.39, 0.29) is 11.9 Å². The zero-order valence-corrected chi connectivity index (χ0v) is 14.0. The molecule has 0 N–H and O–H groups in total. The molecule has 1 amide bonds. The number of imidazole rings is 1. The summed E-state index contributed by atoms with van der Waals surface area (Å²) >= 11 is 5.93. The number of aryl methyl sites for hydroxylation is 1. The van der Waals surface area contributed by atoms with Crippen molar-refractivity contribution in [3.63, 3.8) is 0 Å². The van der Waals surface area contributed by atoms with Crippen LogP contribution in [0.4, 0.5) is 0 Å². The number of piperidine rings is 1. The molecular formula is C16H17ClN6O. The Labute approximate surface area is 143 Å². The summed E-state index contributed by atoms with van der Waals surface area (Å²) in [6.07, 6.45) is 8.54. The van der Waals surface area contributed by atoms with Gasteiger partial charge in [0.25, 0.3) is 5.91 Å². The van der Waals surface area contributed by atoms with E-state index >= 15 is 0 Å². The molecule has 24 heavy (non-hydrogen) atoms. The van der Waals surface area contributed by atoms with Gasteiger partial charge in [-0.25, -0.2) is 9.97 Å². The molecular weight excluding hydrogens is 328 g/mol. The second-order valence-corrected chi connectivity index (χ2v) is 6.52. The molecule has 3 aromatic heterocycles. The van der Waals surface area contributed by atoms with Crippen molar-refractivity contribution in [1.29, 1.82) is 0 Å². The van der Waals surface area contributed by atoms with Crippen LogP contribution in [0.3, 0.4) is 0 Å². The molecule has 1 aliphatic rings. The number of likely N-dealkylation sites (tertiary alicyclic amines) is 1. The van der Waals surface area contributed by atoms with Gasteiger partial charge in [0.2, 0.25) is 0 Å². The predicted octanol–water partition coefficient (Wildman–Crippen LogP) is 2.30. The number of rotatable bonds is 2. The highest BCUT2D eigenvalue weighted by atomic mass is 35.5. The number of pyridine rings is 1. The Morgan fingerprint density at radius 2 is 2.04 bits per heavy atom. The molecule has 7 nitrogen and oxygen atoms in total. The molecule has 0 aliphatic carbocycles. The zero-order chi connectivity index (χ0) is 16.7. The van der Waals surface area contributed by atoms with Crippen LogP contribution in [-0.2, 0) is 7.05 Å². The van der Waals surface area contributed by atoms with E-state index in [1.165, 1.54) is 0 Å². The molecule has 0 unspecified atom stereocenters. The lowest BCUT2D eigenvalue weighted by Gasteiger charge is -2.32. The Morgan fingerprint density at radius 3 is 2.75 bits per heavy atom. The molecule has 1 saturated heterocycles. The van der Waals surface area contributed by atoms with E-state index in [0.29, 0.717) is 23.7 Å². The first-order valence-corrected chi connectivity index (χ1v) is 8.25. The van der Waals surface area contributed by atoms with Crippen LogP contribution in [0.1, 0.15) is 29.2 Å². The van der Waals surface area contributed by atoms with Crippen LogP contribution < -0.4 is 0 Å². The van der Waals surface area contributed by atoms with E-state index in [9.17, 15) is 4.79 Å². The van der Waals surface area contributed by atoms with Gasteiger partial charge in [-0.15, -0.1) is 0 Å². The third-order valence-corrected chi connectivity index (χ3v) is 4.69. The second-order valence-electron chi connectivity index (χ2n) is 6.08. The quantitative estimate of drug-likeness (QED) is 0.715. The maximum absolute atomic E-state index is 12.7.